The molecule has 0 fully saturated rings. The quantitative estimate of drug-likeness (QED) is 0.720. The Kier molecular flexibility index (Phi) is 5.99. The van der Waals surface area contributed by atoms with Crippen LogP contribution in [-0.4, -0.2) is 38.8 Å². The molecule has 0 aliphatic carbocycles. The van der Waals surface area contributed by atoms with Crippen molar-refractivity contribution in [3.05, 3.63) is 48.2 Å². The fourth-order valence-electron chi connectivity index (χ4n) is 2.49. The van der Waals surface area contributed by atoms with Crippen LogP contribution in [0.5, 0.6) is 0 Å². The number of ether oxygens (including phenoxy) is 1. The van der Waals surface area contributed by atoms with Crippen molar-refractivity contribution in [1.82, 2.24) is 10.2 Å². The number of benzene rings is 1. The Labute approximate surface area is 126 Å². The van der Waals surface area contributed by atoms with Crippen molar-refractivity contribution in [3.8, 4) is 0 Å². The number of methoxy groups -OCH3 is 1. The molecule has 0 unspecified atom stereocenters. The second-order valence-electron chi connectivity index (χ2n) is 5.05. The molecule has 2 rings (SSSR count). The van der Waals surface area contributed by atoms with Crippen molar-refractivity contribution < 1.29 is 9.15 Å². The molecule has 0 aliphatic heterocycles. The van der Waals surface area contributed by atoms with Gasteiger partial charge >= 0.3 is 0 Å². The van der Waals surface area contributed by atoms with Gasteiger partial charge in [-0.25, -0.2) is 0 Å². The molecule has 0 spiro atoms. The van der Waals surface area contributed by atoms with E-state index in [1.165, 1.54) is 10.9 Å². The molecule has 1 heterocycles. The maximum Gasteiger partial charge on any atom is 0.134 e. The van der Waals surface area contributed by atoms with Gasteiger partial charge in [0.25, 0.3) is 0 Å². The SMILES string of the molecule is C=CCN(CCOC)Cc1c(CNC)oc2ccccc12. The van der Waals surface area contributed by atoms with Gasteiger partial charge in [-0.2, -0.15) is 0 Å². The molecule has 0 aliphatic rings. The number of hydrogen-bond donors (Lipinski definition) is 1. The lowest BCUT2D eigenvalue weighted by atomic mass is 10.1. The highest BCUT2D eigenvalue weighted by Crippen LogP contribution is 2.27. The van der Waals surface area contributed by atoms with E-state index in [-0.39, 0.29) is 0 Å². The Morgan fingerprint density at radius 3 is 2.90 bits per heavy atom. The smallest absolute Gasteiger partial charge is 0.134 e. The van der Waals surface area contributed by atoms with Gasteiger partial charge in [0.05, 0.1) is 13.2 Å². The summed E-state index contributed by atoms with van der Waals surface area (Å²) in [5.74, 6) is 1.00. The molecule has 114 valence electrons. The third-order valence-corrected chi connectivity index (χ3v) is 3.50. The molecule has 21 heavy (non-hydrogen) atoms. The van der Waals surface area contributed by atoms with Crippen molar-refractivity contribution in [2.24, 2.45) is 0 Å². The monoisotopic (exact) mass is 288 g/mol. The molecular formula is C17H24N2O2. The van der Waals surface area contributed by atoms with E-state index in [0.717, 1.165) is 37.5 Å². The van der Waals surface area contributed by atoms with E-state index >= 15 is 0 Å². The zero-order chi connectivity index (χ0) is 15.1. The van der Waals surface area contributed by atoms with Crippen LogP contribution in [0.25, 0.3) is 11.0 Å². The Bertz CT molecular complexity index is 577. The number of nitrogens with zero attached hydrogens (tertiary/aromatic N) is 1. The molecular weight excluding hydrogens is 264 g/mol. The van der Waals surface area contributed by atoms with Crippen molar-refractivity contribution >= 4 is 11.0 Å². The highest BCUT2D eigenvalue weighted by atomic mass is 16.5. The third kappa shape index (κ3) is 3.94. The van der Waals surface area contributed by atoms with Gasteiger partial charge in [-0.3, -0.25) is 4.90 Å². The Morgan fingerprint density at radius 2 is 2.19 bits per heavy atom. The van der Waals surface area contributed by atoms with Gasteiger partial charge in [-0.15, -0.1) is 6.58 Å². The summed E-state index contributed by atoms with van der Waals surface area (Å²) < 4.78 is 11.2. The molecule has 0 atom stereocenters. The highest BCUT2D eigenvalue weighted by Gasteiger charge is 2.16. The maximum atomic E-state index is 5.98. The fraction of sp³-hybridized carbons (Fsp3) is 0.412. The summed E-state index contributed by atoms with van der Waals surface area (Å²) in [6.07, 6.45) is 1.93. The van der Waals surface area contributed by atoms with Crippen molar-refractivity contribution in [2.75, 3.05) is 33.9 Å². The first kappa shape index (κ1) is 15.8. The zero-order valence-corrected chi connectivity index (χ0v) is 12.9. The fourth-order valence-corrected chi connectivity index (χ4v) is 2.49. The lowest BCUT2D eigenvalue weighted by Gasteiger charge is -2.20. The largest absolute Gasteiger partial charge is 0.459 e. The molecule has 1 N–H and O–H groups in total. The summed E-state index contributed by atoms with van der Waals surface area (Å²) in [5.41, 5.74) is 2.20. The number of fused-ring (bicyclic) bond motifs is 1. The van der Waals surface area contributed by atoms with Crippen LogP contribution >= 0.6 is 0 Å². The van der Waals surface area contributed by atoms with E-state index in [9.17, 15) is 0 Å². The molecule has 0 saturated heterocycles. The van der Waals surface area contributed by atoms with E-state index in [1.54, 1.807) is 7.11 Å². The topological polar surface area (TPSA) is 37.6 Å². The van der Waals surface area contributed by atoms with Crippen LogP contribution in [0.3, 0.4) is 0 Å². The minimum Gasteiger partial charge on any atom is -0.459 e. The average molecular weight is 288 g/mol. The maximum absolute atomic E-state index is 5.98. The van der Waals surface area contributed by atoms with Gasteiger partial charge in [-0.1, -0.05) is 24.3 Å². The lowest BCUT2D eigenvalue weighted by Crippen LogP contribution is -2.27. The van der Waals surface area contributed by atoms with Gasteiger partial charge < -0.3 is 14.5 Å². The molecule has 2 aromatic rings. The predicted octanol–water partition coefficient (Wildman–Crippen LogP) is 2.79. The van der Waals surface area contributed by atoms with Crippen LogP contribution in [0.1, 0.15) is 11.3 Å². The van der Waals surface area contributed by atoms with Crippen LogP contribution in [0.2, 0.25) is 0 Å². The number of furan rings is 1. The van der Waals surface area contributed by atoms with Gasteiger partial charge in [-0.05, 0) is 13.1 Å². The molecule has 0 bridgehead atoms. The summed E-state index contributed by atoms with van der Waals surface area (Å²) in [6.45, 7) is 7.83. The van der Waals surface area contributed by atoms with Crippen LogP contribution < -0.4 is 5.32 Å². The first-order chi connectivity index (χ1) is 10.3. The number of para-hydroxylation sites is 1. The van der Waals surface area contributed by atoms with E-state index in [2.05, 4.69) is 28.9 Å². The van der Waals surface area contributed by atoms with Crippen LogP contribution in [0.15, 0.2) is 41.3 Å². The minimum absolute atomic E-state index is 0.713. The van der Waals surface area contributed by atoms with Crippen LogP contribution in [-0.2, 0) is 17.8 Å². The standard InChI is InChI=1S/C17H24N2O2/c1-4-9-19(10-11-20-3)13-15-14-7-5-6-8-16(14)21-17(15)12-18-2/h4-8,18H,1,9-13H2,2-3H3. The van der Waals surface area contributed by atoms with Crippen molar-refractivity contribution in [1.29, 1.82) is 0 Å². The molecule has 0 saturated carbocycles. The Balaban J connectivity index is 2.28. The second kappa shape index (κ2) is 7.98. The lowest BCUT2D eigenvalue weighted by molar-refractivity contribution is 0.151. The molecule has 4 nitrogen and oxygen atoms in total. The van der Waals surface area contributed by atoms with Gasteiger partial charge in [0, 0.05) is 37.7 Å². The normalized spacial score (nSPS) is 11.4. The molecule has 4 heteroatoms. The first-order valence-electron chi connectivity index (χ1n) is 7.26. The zero-order valence-electron chi connectivity index (χ0n) is 12.9. The highest BCUT2D eigenvalue weighted by molar-refractivity contribution is 5.82. The number of rotatable bonds is 9. The van der Waals surface area contributed by atoms with Gasteiger partial charge in [0.15, 0.2) is 0 Å². The van der Waals surface area contributed by atoms with Gasteiger partial charge in [0.2, 0.25) is 0 Å². The van der Waals surface area contributed by atoms with Crippen molar-refractivity contribution in [3.63, 3.8) is 0 Å². The van der Waals surface area contributed by atoms with E-state index in [0.29, 0.717) is 6.61 Å². The van der Waals surface area contributed by atoms with E-state index in [4.69, 9.17) is 9.15 Å². The van der Waals surface area contributed by atoms with Crippen LogP contribution in [0, 0.1) is 0 Å². The Morgan fingerprint density at radius 1 is 1.38 bits per heavy atom. The summed E-state index contributed by atoms with van der Waals surface area (Å²) in [6, 6.07) is 8.20. The molecule has 1 aromatic carbocycles. The summed E-state index contributed by atoms with van der Waals surface area (Å²) >= 11 is 0. The van der Waals surface area contributed by atoms with E-state index in [1.807, 2.05) is 25.3 Å². The third-order valence-electron chi connectivity index (χ3n) is 3.50. The molecule has 0 radical (unpaired) electrons. The first-order valence-corrected chi connectivity index (χ1v) is 7.26. The van der Waals surface area contributed by atoms with Crippen LogP contribution in [0.4, 0.5) is 0 Å². The predicted molar refractivity (Wildman–Crippen MR) is 86.3 cm³/mol. The molecule has 0 amide bonds. The summed E-state index contributed by atoms with van der Waals surface area (Å²) in [7, 11) is 3.66. The summed E-state index contributed by atoms with van der Waals surface area (Å²) in [4.78, 5) is 2.31. The average Bonchev–Trinajstić information content (AvgIpc) is 2.83. The van der Waals surface area contributed by atoms with E-state index < -0.39 is 0 Å². The Hall–Kier alpha value is -1.62. The number of hydrogen-bond acceptors (Lipinski definition) is 4. The van der Waals surface area contributed by atoms with Gasteiger partial charge in [0.1, 0.15) is 11.3 Å². The minimum atomic E-state index is 0.713. The second-order valence-corrected chi connectivity index (χ2v) is 5.05. The number of nitrogens with one attached hydrogen (secondary N) is 1. The van der Waals surface area contributed by atoms with Crippen molar-refractivity contribution in [2.45, 2.75) is 13.1 Å². The summed E-state index contributed by atoms with van der Waals surface area (Å²) in [5, 5.41) is 4.37. The molecule has 1 aromatic heterocycles.